The fourth-order valence-electron chi connectivity index (χ4n) is 2.41. The molecule has 116 valence electrons. The standard InChI is InChI=1S/C19H24N2O/c1-3-15-9-11-17(12-10-15)14(2)21-19(22)18(20)13-16-7-5-4-6-8-16/h4-12,14,18H,3,13,20H2,1-2H3,(H,21,22)/t14?,18-/m0/s1. The third-order valence-electron chi connectivity index (χ3n) is 3.88. The molecule has 0 saturated carbocycles. The Morgan fingerprint density at radius 1 is 1.05 bits per heavy atom. The predicted molar refractivity (Wildman–Crippen MR) is 90.5 cm³/mol. The fourth-order valence-corrected chi connectivity index (χ4v) is 2.41. The van der Waals surface area contributed by atoms with Gasteiger partial charge >= 0.3 is 0 Å². The van der Waals surface area contributed by atoms with Crippen LogP contribution in [-0.4, -0.2) is 11.9 Å². The van der Waals surface area contributed by atoms with Crippen LogP contribution in [0.5, 0.6) is 0 Å². The van der Waals surface area contributed by atoms with E-state index >= 15 is 0 Å². The van der Waals surface area contributed by atoms with Gasteiger partial charge in [-0.3, -0.25) is 4.79 Å². The summed E-state index contributed by atoms with van der Waals surface area (Å²) in [5.41, 5.74) is 9.47. The number of carbonyl (C=O) groups is 1. The summed E-state index contributed by atoms with van der Waals surface area (Å²) in [6, 6.07) is 17.6. The molecule has 0 aliphatic carbocycles. The van der Waals surface area contributed by atoms with Crippen molar-refractivity contribution in [2.45, 2.75) is 38.8 Å². The van der Waals surface area contributed by atoms with Crippen molar-refractivity contribution in [1.29, 1.82) is 0 Å². The zero-order valence-corrected chi connectivity index (χ0v) is 13.3. The second-order valence-electron chi connectivity index (χ2n) is 5.62. The van der Waals surface area contributed by atoms with Gasteiger partial charge in [0, 0.05) is 0 Å². The zero-order valence-electron chi connectivity index (χ0n) is 13.3. The summed E-state index contributed by atoms with van der Waals surface area (Å²) in [6.45, 7) is 4.11. The van der Waals surface area contributed by atoms with Crippen molar-refractivity contribution >= 4 is 5.91 Å². The van der Waals surface area contributed by atoms with Crippen molar-refractivity contribution in [3.05, 3.63) is 71.3 Å². The first kappa shape index (κ1) is 16.2. The minimum Gasteiger partial charge on any atom is -0.348 e. The maximum Gasteiger partial charge on any atom is 0.237 e. The second-order valence-corrected chi connectivity index (χ2v) is 5.62. The molecular weight excluding hydrogens is 272 g/mol. The minimum absolute atomic E-state index is 0.0415. The molecule has 2 aromatic rings. The van der Waals surface area contributed by atoms with E-state index in [1.54, 1.807) is 0 Å². The van der Waals surface area contributed by atoms with E-state index in [0.29, 0.717) is 6.42 Å². The van der Waals surface area contributed by atoms with Gasteiger partial charge in [-0.05, 0) is 36.5 Å². The molecule has 0 heterocycles. The van der Waals surface area contributed by atoms with Crippen molar-refractivity contribution in [2.24, 2.45) is 5.73 Å². The van der Waals surface area contributed by atoms with Crippen LogP contribution in [0.15, 0.2) is 54.6 Å². The van der Waals surface area contributed by atoms with Crippen LogP contribution in [0.25, 0.3) is 0 Å². The number of nitrogens with one attached hydrogen (secondary N) is 1. The minimum atomic E-state index is -0.528. The highest BCUT2D eigenvalue weighted by molar-refractivity contribution is 5.82. The Morgan fingerprint density at radius 3 is 2.27 bits per heavy atom. The van der Waals surface area contributed by atoms with Gasteiger partial charge in [0.05, 0.1) is 12.1 Å². The van der Waals surface area contributed by atoms with Crippen LogP contribution >= 0.6 is 0 Å². The number of nitrogens with two attached hydrogens (primary N) is 1. The van der Waals surface area contributed by atoms with E-state index in [4.69, 9.17) is 5.73 Å². The largest absolute Gasteiger partial charge is 0.348 e. The van der Waals surface area contributed by atoms with Gasteiger partial charge in [0.15, 0.2) is 0 Å². The molecular formula is C19H24N2O. The highest BCUT2D eigenvalue weighted by Gasteiger charge is 2.17. The van der Waals surface area contributed by atoms with Crippen LogP contribution in [0.3, 0.4) is 0 Å². The normalized spacial score (nSPS) is 13.4. The van der Waals surface area contributed by atoms with Gasteiger partial charge in [-0.2, -0.15) is 0 Å². The number of hydrogen-bond donors (Lipinski definition) is 2. The summed E-state index contributed by atoms with van der Waals surface area (Å²) in [4.78, 5) is 12.2. The monoisotopic (exact) mass is 296 g/mol. The maximum absolute atomic E-state index is 12.2. The Bertz CT molecular complexity index is 593. The first-order valence-corrected chi connectivity index (χ1v) is 7.79. The first-order chi connectivity index (χ1) is 10.6. The van der Waals surface area contributed by atoms with Crippen molar-refractivity contribution < 1.29 is 4.79 Å². The molecule has 3 nitrogen and oxygen atoms in total. The molecule has 2 atom stereocenters. The average Bonchev–Trinajstić information content (AvgIpc) is 2.55. The predicted octanol–water partition coefficient (Wildman–Crippen LogP) is 3.00. The van der Waals surface area contributed by atoms with Crippen LogP contribution in [0.1, 0.15) is 36.6 Å². The van der Waals surface area contributed by atoms with Gasteiger partial charge in [0.1, 0.15) is 0 Å². The van der Waals surface area contributed by atoms with Crippen LogP contribution in [0, 0.1) is 0 Å². The van der Waals surface area contributed by atoms with Crippen LogP contribution < -0.4 is 11.1 Å². The van der Waals surface area contributed by atoms with Gasteiger partial charge in [0.25, 0.3) is 0 Å². The van der Waals surface area contributed by atoms with Gasteiger partial charge in [-0.15, -0.1) is 0 Å². The van der Waals surface area contributed by atoms with E-state index in [9.17, 15) is 4.79 Å². The quantitative estimate of drug-likeness (QED) is 0.861. The summed E-state index contributed by atoms with van der Waals surface area (Å²) in [7, 11) is 0. The lowest BCUT2D eigenvalue weighted by atomic mass is 10.0. The van der Waals surface area contributed by atoms with E-state index in [2.05, 4.69) is 36.5 Å². The third-order valence-corrected chi connectivity index (χ3v) is 3.88. The molecule has 2 rings (SSSR count). The molecule has 0 radical (unpaired) electrons. The molecule has 0 aromatic heterocycles. The lowest BCUT2D eigenvalue weighted by Gasteiger charge is -2.18. The number of aryl methyl sites for hydroxylation is 1. The van der Waals surface area contributed by atoms with Gasteiger partial charge < -0.3 is 11.1 Å². The molecule has 22 heavy (non-hydrogen) atoms. The Balaban J connectivity index is 1.92. The van der Waals surface area contributed by atoms with Gasteiger partial charge in [0.2, 0.25) is 5.91 Å². The van der Waals surface area contributed by atoms with E-state index in [1.807, 2.05) is 37.3 Å². The molecule has 0 spiro atoms. The number of carbonyl (C=O) groups excluding carboxylic acids is 1. The van der Waals surface area contributed by atoms with E-state index in [-0.39, 0.29) is 11.9 Å². The Labute approximate surface area is 132 Å². The summed E-state index contributed by atoms with van der Waals surface area (Å²) in [6.07, 6.45) is 1.57. The van der Waals surface area contributed by atoms with Crippen molar-refractivity contribution in [1.82, 2.24) is 5.32 Å². The Kier molecular flexibility index (Phi) is 5.73. The summed E-state index contributed by atoms with van der Waals surface area (Å²) < 4.78 is 0. The van der Waals surface area contributed by atoms with E-state index < -0.39 is 6.04 Å². The molecule has 1 unspecified atom stereocenters. The molecule has 0 saturated heterocycles. The maximum atomic E-state index is 12.2. The zero-order chi connectivity index (χ0) is 15.9. The molecule has 3 heteroatoms. The summed E-state index contributed by atoms with van der Waals surface area (Å²) >= 11 is 0. The molecule has 3 N–H and O–H groups in total. The summed E-state index contributed by atoms with van der Waals surface area (Å²) in [5, 5.41) is 2.99. The smallest absolute Gasteiger partial charge is 0.237 e. The van der Waals surface area contributed by atoms with E-state index in [1.165, 1.54) is 5.56 Å². The average molecular weight is 296 g/mol. The topological polar surface area (TPSA) is 55.1 Å². The molecule has 0 aliphatic heterocycles. The number of amides is 1. The molecule has 0 aliphatic rings. The lowest BCUT2D eigenvalue weighted by Crippen LogP contribution is -2.42. The van der Waals surface area contributed by atoms with E-state index in [0.717, 1.165) is 17.5 Å². The van der Waals surface area contributed by atoms with Crippen molar-refractivity contribution in [3.8, 4) is 0 Å². The van der Waals surface area contributed by atoms with Gasteiger partial charge in [-0.1, -0.05) is 61.5 Å². The fraction of sp³-hybridized carbons (Fsp3) is 0.316. The highest BCUT2D eigenvalue weighted by Crippen LogP contribution is 2.14. The highest BCUT2D eigenvalue weighted by atomic mass is 16.2. The molecule has 2 aromatic carbocycles. The first-order valence-electron chi connectivity index (χ1n) is 7.79. The third kappa shape index (κ3) is 4.43. The second kappa shape index (κ2) is 7.76. The number of rotatable bonds is 6. The SMILES string of the molecule is CCc1ccc(C(C)NC(=O)[C@@H](N)Cc2ccccc2)cc1. The molecule has 0 bridgehead atoms. The van der Waals surface area contributed by atoms with Crippen molar-refractivity contribution in [2.75, 3.05) is 0 Å². The Morgan fingerprint density at radius 2 is 1.68 bits per heavy atom. The summed E-state index contributed by atoms with van der Waals surface area (Å²) in [5.74, 6) is -0.115. The number of benzene rings is 2. The van der Waals surface area contributed by atoms with Crippen LogP contribution in [-0.2, 0) is 17.6 Å². The van der Waals surface area contributed by atoms with Gasteiger partial charge in [-0.25, -0.2) is 0 Å². The van der Waals surface area contributed by atoms with Crippen LogP contribution in [0.4, 0.5) is 0 Å². The molecule has 0 fully saturated rings. The van der Waals surface area contributed by atoms with Crippen LogP contribution in [0.2, 0.25) is 0 Å². The Hall–Kier alpha value is -2.13. The lowest BCUT2D eigenvalue weighted by molar-refractivity contribution is -0.123. The molecule has 1 amide bonds. The van der Waals surface area contributed by atoms with Crippen molar-refractivity contribution in [3.63, 3.8) is 0 Å². The number of hydrogen-bond acceptors (Lipinski definition) is 2.